The van der Waals surface area contributed by atoms with Gasteiger partial charge in [-0.05, 0) is 31.0 Å². The molecular formula is C21H24N2O2. The molecule has 130 valence electrons. The van der Waals surface area contributed by atoms with E-state index < -0.39 is 5.97 Å². The molecule has 0 N–H and O–H groups in total. The number of carbonyl (C=O) groups is 1. The van der Waals surface area contributed by atoms with E-state index in [9.17, 15) is 4.79 Å². The maximum Gasteiger partial charge on any atom is 0.336 e. The van der Waals surface area contributed by atoms with Gasteiger partial charge in [0.05, 0.1) is 0 Å². The number of carbonyl (C=O) groups excluding carboxylic acids is 1. The number of ether oxygens (including phenoxy) is 1. The van der Waals surface area contributed by atoms with Crippen molar-refractivity contribution < 1.29 is 9.53 Å². The van der Waals surface area contributed by atoms with Crippen LogP contribution in [0.3, 0.4) is 0 Å². The summed E-state index contributed by atoms with van der Waals surface area (Å²) in [5.41, 5.74) is 1.94. The fourth-order valence-electron chi connectivity index (χ4n) is 2.28. The van der Waals surface area contributed by atoms with Gasteiger partial charge in [0, 0.05) is 30.5 Å². The summed E-state index contributed by atoms with van der Waals surface area (Å²) >= 11 is 0. The molecule has 4 nitrogen and oxygen atoms in total. The van der Waals surface area contributed by atoms with Crippen LogP contribution in [0, 0.1) is 0 Å². The number of nitrogens with zero attached hydrogens (tertiary/aromatic N) is 2. The van der Waals surface area contributed by atoms with Crippen molar-refractivity contribution in [2.24, 2.45) is 0 Å². The zero-order chi connectivity index (χ0) is 17.9. The maximum absolute atomic E-state index is 11.6. The highest BCUT2D eigenvalue weighted by Gasteiger charge is 2.03. The predicted octanol–water partition coefficient (Wildman–Crippen LogP) is 4.91. The van der Waals surface area contributed by atoms with Crippen molar-refractivity contribution in [3.63, 3.8) is 0 Å². The largest absolute Gasteiger partial charge is 0.423 e. The molecule has 2 aromatic rings. The summed E-state index contributed by atoms with van der Waals surface area (Å²) in [5.74, 6) is 0.997. The van der Waals surface area contributed by atoms with E-state index >= 15 is 0 Å². The maximum atomic E-state index is 11.6. The van der Waals surface area contributed by atoms with Gasteiger partial charge in [-0.2, -0.15) is 0 Å². The first-order valence-electron chi connectivity index (χ1n) is 8.65. The fraction of sp³-hybridized carbons (Fsp3) is 0.286. The number of benzene rings is 1. The van der Waals surface area contributed by atoms with Crippen molar-refractivity contribution in [2.45, 2.75) is 39.5 Å². The molecule has 1 aromatic heterocycles. The summed E-state index contributed by atoms with van der Waals surface area (Å²) in [4.78, 5) is 20.5. The summed E-state index contributed by atoms with van der Waals surface area (Å²) in [7, 11) is 0. The third-order valence-corrected chi connectivity index (χ3v) is 3.65. The number of rotatable bonds is 8. The van der Waals surface area contributed by atoms with E-state index in [-0.39, 0.29) is 0 Å². The van der Waals surface area contributed by atoms with E-state index in [1.807, 2.05) is 37.5 Å². The number of aryl methyl sites for hydroxylation is 1. The highest BCUT2D eigenvalue weighted by molar-refractivity contribution is 5.84. The van der Waals surface area contributed by atoms with E-state index in [0.717, 1.165) is 29.8 Å². The van der Waals surface area contributed by atoms with Crippen molar-refractivity contribution in [1.29, 1.82) is 0 Å². The minimum Gasteiger partial charge on any atom is -0.423 e. The molecule has 0 aliphatic carbocycles. The van der Waals surface area contributed by atoms with Crippen LogP contribution in [0.25, 0.3) is 11.1 Å². The lowest BCUT2D eigenvalue weighted by Crippen LogP contribution is -2.03. The van der Waals surface area contributed by atoms with E-state index in [0.29, 0.717) is 5.75 Å². The van der Waals surface area contributed by atoms with Gasteiger partial charge in [0.25, 0.3) is 0 Å². The normalized spacial score (nSPS) is 11.3. The highest BCUT2D eigenvalue weighted by atomic mass is 16.5. The van der Waals surface area contributed by atoms with Gasteiger partial charge in [-0.25, -0.2) is 14.8 Å². The molecule has 0 radical (unpaired) electrons. The number of hydrogen-bond donors (Lipinski definition) is 0. The Labute approximate surface area is 149 Å². The van der Waals surface area contributed by atoms with Crippen molar-refractivity contribution >= 4 is 5.97 Å². The van der Waals surface area contributed by atoms with Crippen molar-refractivity contribution in [3.05, 3.63) is 66.8 Å². The Morgan fingerprint density at radius 1 is 1.04 bits per heavy atom. The van der Waals surface area contributed by atoms with Crippen LogP contribution >= 0.6 is 0 Å². The highest BCUT2D eigenvalue weighted by Crippen LogP contribution is 2.21. The van der Waals surface area contributed by atoms with Gasteiger partial charge in [0.15, 0.2) is 0 Å². The molecule has 4 heteroatoms. The fourth-order valence-corrected chi connectivity index (χ4v) is 2.28. The summed E-state index contributed by atoms with van der Waals surface area (Å²) in [6, 6.07) is 7.33. The second-order valence-electron chi connectivity index (χ2n) is 5.68. The molecule has 0 atom stereocenters. The van der Waals surface area contributed by atoms with Gasteiger partial charge < -0.3 is 4.74 Å². The Hall–Kier alpha value is -2.75. The minimum atomic E-state index is -0.398. The number of hydrogen-bond acceptors (Lipinski definition) is 4. The van der Waals surface area contributed by atoms with Gasteiger partial charge in [-0.15, -0.1) is 0 Å². The zero-order valence-corrected chi connectivity index (χ0v) is 14.8. The quantitative estimate of drug-likeness (QED) is 0.226. The molecule has 0 aliphatic heterocycles. The second-order valence-corrected chi connectivity index (χ2v) is 5.68. The first kappa shape index (κ1) is 18.6. The Morgan fingerprint density at radius 3 is 2.40 bits per heavy atom. The standard InChI is InChI=1S/C21H24N2O2/c1-3-5-7-9-20-22-15-18(16-23-20)17-11-13-19(14-12-17)25-21(24)10-8-6-4-2/h4,6,8,10-16H,3,5,7,9H2,1-2H3/b6-4+,10-8+. The van der Waals surface area contributed by atoms with Crippen LogP contribution in [0.4, 0.5) is 0 Å². The van der Waals surface area contributed by atoms with Crippen LogP contribution < -0.4 is 4.74 Å². The lowest BCUT2D eigenvalue weighted by molar-refractivity contribution is -0.128. The molecule has 0 amide bonds. The third kappa shape index (κ3) is 6.34. The molecule has 0 unspecified atom stereocenters. The number of aromatic nitrogens is 2. The molecule has 0 bridgehead atoms. The van der Waals surface area contributed by atoms with Crippen molar-refractivity contribution in [2.75, 3.05) is 0 Å². The molecule has 1 aromatic carbocycles. The van der Waals surface area contributed by atoms with Crippen LogP contribution in [0.2, 0.25) is 0 Å². The predicted molar refractivity (Wildman–Crippen MR) is 100 cm³/mol. The summed E-state index contributed by atoms with van der Waals surface area (Å²) in [6.07, 6.45) is 14.8. The van der Waals surface area contributed by atoms with Crippen molar-refractivity contribution in [3.8, 4) is 16.9 Å². The van der Waals surface area contributed by atoms with E-state index in [1.165, 1.54) is 18.9 Å². The van der Waals surface area contributed by atoms with Crippen molar-refractivity contribution in [1.82, 2.24) is 9.97 Å². The molecule has 0 fully saturated rings. The second kappa shape index (κ2) is 10.2. The van der Waals surface area contributed by atoms with Crippen LogP contribution in [0.15, 0.2) is 61.0 Å². The summed E-state index contributed by atoms with van der Waals surface area (Å²) < 4.78 is 5.23. The van der Waals surface area contributed by atoms with Crippen LogP contribution in [0.5, 0.6) is 5.75 Å². The van der Waals surface area contributed by atoms with Gasteiger partial charge in [-0.1, -0.05) is 50.1 Å². The Balaban J connectivity index is 1.96. The molecule has 0 saturated heterocycles. The molecule has 2 rings (SSSR count). The number of esters is 1. The lowest BCUT2D eigenvalue weighted by atomic mass is 10.1. The smallest absolute Gasteiger partial charge is 0.336 e. The van der Waals surface area contributed by atoms with Crippen LogP contribution in [-0.2, 0) is 11.2 Å². The molecule has 0 spiro atoms. The minimum absolute atomic E-state index is 0.398. The third-order valence-electron chi connectivity index (χ3n) is 3.65. The molecular weight excluding hydrogens is 312 g/mol. The molecule has 0 saturated carbocycles. The number of unbranched alkanes of at least 4 members (excludes halogenated alkanes) is 2. The lowest BCUT2D eigenvalue weighted by Gasteiger charge is -2.05. The first-order chi connectivity index (χ1) is 12.2. The van der Waals surface area contributed by atoms with E-state index in [2.05, 4.69) is 16.9 Å². The molecule has 0 aliphatic rings. The van der Waals surface area contributed by atoms with E-state index in [4.69, 9.17) is 4.74 Å². The van der Waals surface area contributed by atoms with Crippen LogP contribution in [0.1, 0.15) is 38.9 Å². The Bertz CT molecular complexity index is 717. The SMILES string of the molecule is C/C=C/C=C/C(=O)Oc1ccc(-c2cnc(CCCCC)nc2)cc1. The Kier molecular flexibility index (Phi) is 7.57. The average Bonchev–Trinajstić information content (AvgIpc) is 2.63. The summed E-state index contributed by atoms with van der Waals surface area (Å²) in [5, 5.41) is 0. The van der Waals surface area contributed by atoms with Crippen LogP contribution in [-0.4, -0.2) is 15.9 Å². The topological polar surface area (TPSA) is 52.1 Å². The van der Waals surface area contributed by atoms with E-state index in [1.54, 1.807) is 24.3 Å². The van der Waals surface area contributed by atoms with Gasteiger partial charge in [-0.3, -0.25) is 0 Å². The Morgan fingerprint density at radius 2 is 1.76 bits per heavy atom. The van der Waals surface area contributed by atoms with Gasteiger partial charge in [0.2, 0.25) is 0 Å². The summed E-state index contributed by atoms with van der Waals surface area (Å²) in [6.45, 7) is 4.07. The average molecular weight is 336 g/mol. The zero-order valence-electron chi connectivity index (χ0n) is 14.8. The van der Waals surface area contributed by atoms with Gasteiger partial charge in [0.1, 0.15) is 11.6 Å². The number of allylic oxidation sites excluding steroid dienone is 3. The molecule has 25 heavy (non-hydrogen) atoms. The van der Waals surface area contributed by atoms with Gasteiger partial charge >= 0.3 is 5.97 Å². The monoisotopic (exact) mass is 336 g/mol. The molecule has 1 heterocycles. The first-order valence-corrected chi connectivity index (χ1v) is 8.65.